The molecular weight excluding hydrogens is 290 g/mol. The molecule has 1 aromatic carbocycles. The van der Waals surface area contributed by atoms with Crippen LogP contribution in [0.3, 0.4) is 0 Å². The van der Waals surface area contributed by atoms with Crippen LogP contribution in [0.2, 0.25) is 0 Å². The van der Waals surface area contributed by atoms with Crippen LogP contribution < -0.4 is 0 Å². The number of nitrogens with zero attached hydrogens (tertiary/aromatic N) is 1. The summed E-state index contributed by atoms with van der Waals surface area (Å²) in [4.78, 5) is 0. The second-order valence-corrected chi connectivity index (χ2v) is 6.95. The van der Waals surface area contributed by atoms with E-state index in [2.05, 4.69) is 0 Å². The van der Waals surface area contributed by atoms with Gasteiger partial charge in [0.15, 0.2) is 9.33 Å². The highest BCUT2D eigenvalue weighted by molar-refractivity contribution is 7.85. The second kappa shape index (κ2) is 4.93. The summed E-state index contributed by atoms with van der Waals surface area (Å²) in [5.74, 6) is 0. The van der Waals surface area contributed by atoms with Crippen molar-refractivity contribution >= 4 is 33.7 Å². The third kappa shape index (κ3) is 2.54. The van der Waals surface area contributed by atoms with Crippen molar-refractivity contribution in [1.82, 2.24) is 4.57 Å². The van der Waals surface area contributed by atoms with Crippen molar-refractivity contribution in [2.75, 3.05) is 0 Å². The third-order valence-electron chi connectivity index (χ3n) is 2.59. The van der Waals surface area contributed by atoms with Crippen LogP contribution in [0.25, 0.3) is 11.3 Å². The molecule has 0 aliphatic rings. The molecule has 1 unspecified atom stereocenters. The van der Waals surface area contributed by atoms with Gasteiger partial charge in [0.2, 0.25) is 0 Å². The summed E-state index contributed by atoms with van der Waals surface area (Å²) in [6.45, 7) is 1.41. The average molecular weight is 301 g/mol. The third-order valence-corrected chi connectivity index (χ3v) is 4.89. The molecule has 0 saturated carbocycles. The highest BCUT2D eigenvalue weighted by Gasteiger charge is 2.23. The molecule has 0 saturated heterocycles. The van der Waals surface area contributed by atoms with Gasteiger partial charge in [0, 0.05) is 5.38 Å². The van der Waals surface area contributed by atoms with Gasteiger partial charge in [-0.2, -0.15) is 8.42 Å². The van der Waals surface area contributed by atoms with Crippen LogP contribution in [0.1, 0.15) is 12.3 Å². The maximum atomic E-state index is 11.3. The normalized spacial score (nSPS) is 13.4. The fraction of sp³-hybridized carbons (Fsp3) is 0.182. The summed E-state index contributed by atoms with van der Waals surface area (Å²) < 4.78 is 33.5. The Hall–Kier alpha value is -1.02. The molecule has 0 aliphatic carbocycles. The Labute approximate surface area is 114 Å². The number of thiazole rings is 1. The van der Waals surface area contributed by atoms with E-state index in [0.717, 1.165) is 5.56 Å². The summed E-state index contributed by atoms with van der Waals surface area (Å²) in [6, 6.07) is 9.33. The molecule has 1 N–H and O–H groups in total. The van der Waals surface area contributed by atoms with Crippen molar-refractivity contribution in [2.24, 2.45) is 0 Å². The predicted octanol–water partition coefficient (Wildman–Crippen LogP) is 3.35. The monoisotopic (exact) mass is 301 g/mol. The quantitative estimate of drug-likeness (QED) is 0.697. The lowest BCUT2D eigenvalue weighted by Crippen LogP contribution is -2.16. The highest BCUT2D eigenvalue weighted by Crippen LogP contribution is 2.29. The van der Waals surface area contributed by atoms with Crippen molar-refractivity contribution in [1.29, 1.82) is 0 Å². The number of aromatic nitrogens is 1. The summed E-state index contributed by atoms with van der Waals surface area (Å²) in [5.41, 5.74) is 1.55. The summed E-state index contributed by atoms with van der Waals surface area (Å²) >= 11 is 6.40. The lowest BCUT2D eigenvalue weighted by atomic mass is 10.2. The Balaban J connectivity index is 2.63. The van der Waals surface area contributed by atoms with Crippen LogP contribution in [-0.2, 0) is 10.1 Å². The molecular formula is C11H11NO3S3. The fourth-order valence-electron chi connectivity index (χ4n) is 1.61. The molecule has 4 nitrogen and oxygen atoms in total. The van der Waals surface area contributed by atoms with E-state index >= 15 is 0 Å². The predicted molar refractivity (Wildman–Crippen MR) is 74.8 cm³/mol. The Bertz CT molecular complexity index is 701. The molecule has 0 spiro atoms. The molecule has 0 radical (unpaired) electrons. The van der Waals surface area contributed by atoms with Gasteiger partial charge in [0.1, 0.15) is 0 Å². The molecule has 18 heavy (non-hydrogen) atoms. The Morgan fingerprint density at radius 3 is 2.50 bits per heavy atom. The lowest BCUT2D eigenvalue weighted by Gasteiger charge is -2.14. The lowest BCUT2D eigenvalue weighted by molar-refractivity contribution is 0.453. The smallest absolute Gasteiger partial charge is 0.286 e. The van der Waals surface area contributed by atoms with Crippen molar-refractivity contribution in [3.63, 3.8) is 0 Å². The maximum absolute atomic E-state index is 11.3. The van der Waals surface area contributed by atoms with E-state index < -0.39 is 15.5 Å². The van der Waals surface area contributed by atoms with Crippen molar-refractivity contribution in [3.05, 3.63) is 39.7 Å². The van der Waals surface area contributed by atoms with Gasteiger partial charge in [-0.25, -0.2) is 0 Å². The fourth-order valence-corrected chi connectivity index (χ4v) is 3.46. The van der Waals surface area contributed by atoms with Crippen molar-refractivity contribution < 1.29 is 13.0 Å². The molecule has 1 heterocycles. The van der Waals surface area contributed by atoms with Crippen LogP contribution >= 0.6 is 23.6 Å². The summed E-state index contributed by atoms with van der Waals surface area (Å²) in [7, 11) is -4.18. The van der Waals surface area contributed by atoms with E-state index in [1.54, 1.807) is 5.38 Å². The first kappa shape index (κ1) is 13.4. The second-order valence-electron chi connectivity index (χ2n) is 3.74. The molecule has 0 aliphatic heterocycles. The van der Waals surface area contributed by atoms with E-state index in [1.807, 2.05) is 30.3 Å². The molecule has 7 heteroatoms. The van der Waals surface area contributed by atoms with E-state index in [4.69, 9.17) is 16.8 Å². The van der Waals surface area contributed by atoms with Crippen LogP contribution in [0.15, 0.2) is 35.7 Å². The zero-order valence-corrected chi connectivity index (χ0v) is 11.9. The number of hydrogen-bond donors (Lipinski definition) is 1. The molecule has 1 aromatic heterocycles. The van der Waals surface area contributed by atoms with E-state index in [1.165, 1.54) is 22.8 Å². The number of benzene rings is 1. The maximum Gasteiger partial charge on any atom is 0.286 e. The van der Waals surface area contributed by atoms with Gasteiger partial charge in [-0.3, -0.25) is 4.55 Å². The largest absolute Gasteiger partial charge is 0.303 e. The van der Waals surface area contributed by atoms with Crippen LogP contribution in [0.5, 0.6) is 0 Å². The van der Waals surface area contributed by atoms with Gasteiger partial charge in [-0.15, -0.1) is 11.3 Å². The molecule has 1 atom stereocenters. The number of rotatable bonds is 3. The van der Waals surface area contributed by atoms with Gasteiger partial charge in [0.25, 0.3) is 10.1 Å². The first-order valence-corrected chi connectivity index (χ1v) is 7.92. The van der Waals surface area contributed by atoms with Crippen LogP contribution in [0.4, 0.5) is 0 Å². The van der Waals surface area contributed by atoms with Gasteiger partial charge < -0.3 is 4.57 Å². The minimum atomic E-state index is -4.18. The summed E-state index contributed by atoms with van der Waals surface area (Å²) in [5, 5.41) is 0.700. The SMILES string of the molecule is CC(n1c(-c2ccccc2)csc1=S)S(=O)(=O)O. The van der Waals surface area contributed by atoms with Crippen LogP contribution in [0, 0.1) is 3.95 Å². The van der Waals surface area contributed by atoms with E-state index in [9.17, 15) is 8.42 Å². The Morgan fingerprint density at radius 1 is 1.33 bits per heavy atom. The minimum absolute atomic E-state index is 0.416. The highest BCUT2D eigenvalue weighted by atomic mass is 32.2. The molecule has 2 aromatic rings. The molecule has 0 fully saturated rings. The van der Waals surface area contributed by atoms with E-state index in [-0.39, 0.29) is 0 Å². The van der Waals surface area contributed by atoms with Crippen molar-refractivity contribution in [2.45, 2.75) is 12.3 Å². The standard InChI is InChI=1S/C11H11NO3S3/c1-8(18(13,14)15)12-10(7-17-11(12)16)9-5-3-2-4-6-9/h2-8H,1H3,(H,13,14,15). The average Bonchev–Trinajstić information content (AvgIpc) is 2.70. The molecule has 2 rings (SSSR count). The first-order valence-electron chi connectivity index (χ1n) is 5.13. The van der Waals surface area contributed by atoms with E-state index in [0.29, 0.717) is 9.65 Å². The summed E-state index contributed by atoms with van der Waals surface area (Å²) in [6.07, 6.45) is 0. The van der Waals surface area contributed by atoms with Gasteiger partial charge in [-0.1, -0.05) is 30.3 Å². The number of hydrogen-bond acceptors (Lipinski definition) is 4. The topological polar surface area (TPSA) is 59.3 Å². The zero-order chi connectivity index (χ0) is 13.3. The Morgan fingerprint density at radius 2 is 1.94 bits per heavy atom. The van der Waals surface area contributed by atoms with Gasteiger partial charge in [-0.05, 0) is 24.7 Å². The first-order chi connectivity index (χ1) is 8.41. The van der Waals surface area contributed by atoms with Crippen molar-refractivity contribution in [3.8, 4) is 11.3 Å². The molecule has 0 bridgehead atoms. The molecule has 0 amide bonds. The van der Waals surface area contributed by atoms with Gasteiger partial charge >= 0.3 is 0 Å². The minimum Gasteiger partial charge on any atom is -0.303 e. The zero-order valence-electron chi connectivity index (χ0n) is 9.48. The Kier molecular flexibility index (Phi) is 3.67. The molecule has 96 valence electrons. The van der Waals surface area contributed by atoms with Crippen LogP contribution in [-0.4, -0.2) is 17.5 Å². The van der Waals surface area contributed by atoms with Gasteiger partial charge in [0.05, 0.1) is 5.69 Å².